The third-order valence-electron chi connectivity index (χ3n) is 3.86. The molecule has 3 rings (SSSR count). The Bertz CT molecular complexity index is 728. The molecule has 0 aromatic heterocycles. The Morgan fingerprint density at radius 3 is 2.57 bits per heavy atom. The van der Waals surface area contributed by atoms with Crippen LogP contribution in [0.25, 0.3) is 0 Å². The zero-order chi connectivity index (χ0) is 16.4. The van der Waals surface area contributed by atoms with Crippen LogP contribution in [-0.2, 0) is 17.4 Å². The molecule has 23 heavy (non-hydrogen) atoms. The van der Waals surface area contributed by atoms with Crippen molar-refractivity contribution in [2.24, 2.45) is 0 Å². The maximum atomic E-state index is 13.0. The third kappa shape index (κ3) is 3.22. The van der Waals surface area contributed by atoms with Gasteiger partial charge < -0.3 is 10.6 Å². The highest BCUT2D eigenvalue weighted by Crippen LogP contribution is 2.35. The Labute approximate surface area is 131 Å². The second-order valence-corrected chi connectivity index (χ2v) is 5.37. The molecule has 0 bridgehead atoms. The van der Waals surface area contributed by atoms with Gasteiger partial charge in [-0.1, -0.05) is 36.4 Å². The first-order valence-corrected chi connectivity index (χ1v) is 7.25. The standard InChI is InChI=1S/C17H15F3N2O/c18-17(19,20)13-7-3-4-8-14(13)22-16(23)15-12-6-2-1-5-11(12)9-10-21-15/h1-8,15,21H,9-10H2,(H,22,23). The van der Waals surface area contributed by atoms with Gasteiger partial charge in [-0.3, -0.25) is 4.79 Å². The minimum absolute atomic E-state index is 0.227. The smallest absolute Gasteiger partial charge is 0.324 e. The van der Waals surface area contributed by atoms with Crippen LogP contribution in [0.1, 0.15) is 22.7 Å². The SMILES string of the molecule is O=C(Nc1ccccc1C(F)(F)F)C1NCCc2ccccc21. The minimum atomic E-state index is -4.51. The van der Waals surface area contributed by atoms with Crippen LogP contribution in [0.2, 0.25) is 0 Å². The lowest BCUT2D eigenvalue weighted by Gasteiger charge is -2.26. The number of para-hydroxylation sites is 1. The average Bonchev–Trinajstić information content (AvgIpc) is 2.54. The summed E-state index contributed by atoms with van der Waals surface area (Å²) in [6.45, 7) is 0.607. The summed E-state index contributed by atoms with van der Waals surface area (Å²) in [5.41, 5.74) is 0.767. The molecular weight excluding hydrogens is 305 g/mol. The molecule has 0 saturated carbocycles. The van der Waals surface area contributed by atoms with Crippen LogP contribution in [0.3, 0.4) is 0 Å². The Morgan fingerprint density at radius 1 is 1.09 bits per heavy atom. The van der Waals surface area contributed by atoms with Gasteiger partial charge in [0.1, 0.15) is 6.04 Å². The van der Waals surface area contributed by atoms with Crippen LogP contribution in [0.15, 0.2) is 48.5 Å². The molecule has 120 valence electrons. The average molecular weight is 320 g/mol. The van der Waals surface area contributed by atoms with Gasteiger partial charge in [0.05, 0.1) is 11.3 Å². The molecule has 0 radical (unpaired) electrons. The Balaban J connectivity index is 1.87. The molecule has 1 aliphatic rings. The number of anilines is 1. The molecule has 2 aromatic carbocycles. The molecule has 0 spiro atoms. The summed E-state index contributed by atoms with van der Waals surface area (Å²) in [4.78, 5) is 12.5. The van der Waals surface area contributed by atoms with E-state index in [9.17, 15) is 18.0 Å². The second-order valence-electron chi connectivity index (χ2n) is 5.37. The zero-order valence-electron chi connectivity index (χ0n) is 12.2. The highest BCUT2D eigenvalue weighted by atomic mass is 19.4. The molecule has 2 aromatic rings. The number of nitrogens with one attached hydrogen (secondary N) is 2. The van der Waals surface area contributed by atoms with E-state index in [2.05, 4.69) is 10.6 Å². The van der Waals surface area contributed by atoms with Gasteiger partial charge in [-0.25, -0.2) is 0 Å². The quantitative estimate of drug-likeness (QED) is 0.889. The van der Waals surface area contributed by atoms with Crippen molar-refractivity contribution in [1.82, 2.24) is 5.32 Å². The second kappa shape index (κ2) is 6.04. The van der Waals surface area contributed by atoms with Crippen molar-refractivity contribution in [3.8, 4) is 0 Å². The van der Waals surface area contributed by atoms with Gasteiger partial charge >= 0.3 is 6.18 Å². The number of hydrogen-bond acceptors (Lipinski definition) is 2. The summed E-state index contributed by atoms with van der Waals surface area (Å²) in [7, 11) is 0. The summed E-state index contributed by atoms with van der Waals surface area (Å²) in [6, 6.07) is 11.8. The highest BCUT2D eigenvalue weighted by molar-refractivity contribution is 5.96. The van der Waals surface area contributed by atoms with E-state index in [-0.39, 0.29) is 5.69 Å². The Kier molecular flexibility index (Phi) is 4.09. The zero-order valence-corrected chi connectivity index (χ0v) is 12.2. The predicted molar refractivity (Wildman–Crippen MR) is 81.0 cm³/mol. The molecule has 0 aliphatic carbocycles. The molecule has 6 heteroatoms. The van der Waals surface area contributed by atoms with Crippen molar-refractivity contribution >= 4 is 11.6 Å². The van der Waals surface area contributed by atoms with Gasteiger partial charge in [-0.15, -0.1) is 0 Å². The molecule has 0 fully saturated rings. The number of carbonyl (C=O) groups excluding carboxylic acids is 1. The van der Waals surface area contributed by atoms with E-state index >= 15 is 0 Å². The van der Waals surface area contributed by atoms with E-state index in [4.69, 9.17) is 0 Å². The van der Waals surface area contributed by atoms with E-state index < -0.39 is 23.7 Å². The molecule has 0 saturated heterocycles. The van der Waals surface area contributed by atoms with Gasteiger partial charge in [0.15, 0.2) is 0 Å². The van der Waals surface area contributed by atoms with Crippen LogP contribution in [0.5, 0.6) is 0 Å². The number of amides is 1. The summed E-state index contributed by atoms with van der Waals surface area (Å²) < 4.78 is 39.0. The lowest BCUT2D eigenvalue weighted by atomic mass is 9.94. The van der Waals surface area contributed by atoms with E-state index in [1.54, 1.807) is 0 Å². The predicted octanol–water partition coefficient (Wildman–Crippen LogP) is 3.53. The first-order valence-electron chi connectivity index (χ1n) is 7.25. The van der Waals surface area contributed by atoms with Crippen molar-refractivity contribution in [1.29, 1.82) is 0 Å². The number of benzene rings is 2. The summed E-state index contributed by atoms with van der Waals surface area (Å²) in [5.74, 6) is -0.492. The van der Waals surface area contributed by atoms with Crippen molar-refractivity contribution in [3.05, 3.63) is 65.2 Å². The van der Waals surface area contributed by atoms with Crippen LogP contribution >= 0.6 is 0 Å². The number of hydrogen-bond donors (Lipinski definition) is 2. The van der Waals surface area contributed by atoms with Gasteiger partial charge in [0.2, 0.25) is 5.91 Å². The van der Waals surface area contributed by atoms with Gasteiger partial charge in [0, 0.05) is 6.54 Å². The molecular formula is C17H15F3N2O. The lowest BCUT2D eigenvalue weighted by molar-refractivity contribution is -0.137. The molecule has 1 heterocycles. The minimum Gasteiger partial charge on any atom is -0.324 e. The van der Waals surface area contributed by atoms with Gasteiger partial charge in [-0.2, -0.15) is 13.2 Å². The Hall–Kier alpha value is -2.34. The van der Waals surface area contributed by atoms with E-state index in [1.807, 2.05) is 24.3 Å². The van der Waals surface area contributed by atoms with Crippen LogP contribution < -0.4 is 10.6 Å². The lowest BCUT2D eigenvalue weighted by Crippen LogP contribution is -2.38. The van der Waals surface area contributed by atoms with E-state index in [1.165, 1.54) is 18.2 Å². The van der Waals surface area contributed by atoms with Crippen LogP contribution in [-0.4, -0.2) is 12.5 Å². The normalized spacial score (nSPS) is 17.4. The van der Waals surface area contributed by atoms with Gasteiger partial charge in [0.25, 0.3) is 0 Å². The van der Waals surface area contributed by atoms with E-state index in [0.717, 1.165) is 23.6 Å². The molecule has 1 aliphatic heterocycles. The van der Waals surface area contributed by atoms with Crippen LogP contribution in [0, 0.1) is 0 Å². The largest absolute Gasteiger partial charge is 0.418 e. The van der Waals surface area contributed by atoms with Gasteiger partial charge in [-0.05, 0) is 29.7 Å². The number of halogens is 3. The third-order valence-corrected chi connectivity index (χ3v) is 3.86. The number of rotatable bonds is 2. The van der Waals surface area contributed by atoms with Crippen LogP contribution in [0.4, 0.5) is 18.9 Å². The molecule has 3 nitrogen and oxygen atoms in total. The maximum absolute atomic E-state index is 13.0. The first-order chi connectivity index (χ1) is 11.0. The molecule has 1 amide bonds. The summed E-state index contributed by atoms with van der Waals surface area (Å²) in [5, 5.41) is 5.47. The maximum Gasteiger partial charge on any atom is 0.418 e. The fourth-order valence-corrected chi connectivity index (χ4v) is 2.78. The first kappa shape index (κ1) is 15.6. The fraction of sp³-hybridized carbons (Fsp3) is 0.235. The topological polar surface area (TPSA) is 41.1 Å². The molecule has 1 unspecified atom stereocenters. The number of carbonyl (C=O) groups is 1. The summed E-state index contributed by atoms with van der Waals surface area (Å²) in [6.07, 6.45) is -3.72. The fourth-order valence-electron chi connectivity index (χ4n) is 2.78. The van der Waals surface area contributed by atoms with E-state index in [0.29, 0.717) is 6.54 Å². The van der Waals surface area contributed by atoms with Crippen molar-refractivity contribution in [2.75, 3.05) is 11.9 Å². The Morgan fingerprint density at radius 2 is 1.78 bits per heavy atom. The van der Waals surface area contributed by atoms with Crippen molar-refractivity contribution in [3.63, 3.8) is 0 Å². The summed E-state index contributed by atoms with van der Waals surface area (Å²) >= 11 is 0. The number of fused-ring (bicyclic) bond motifs is 1. The monoisotopic (exact) mass is 320 g/mol. The highest BCUT2D eigenvalue weighted by Gasteiger charge is 2.34. The molecule has 2 N–H and O–H groups in total. The number of alkyl halides is 3. The van der Waals surface area contributed by atoms with Crippen molar-refractivity contribution < 1.29 is 18.0 Å². The molecule has 1 atom stereocenters. The van der Waals surface area contributed by atoms with Crippen molar-refractivity contribution in [2.45, 2.75) is 18.6 Å².